The number of nitrogens with one attached hydrogen (secondary N) is 1. The Labute approximate surface area is 129 Å². The van der Waals surface area contributed by atoms with Gasteiger partial charge < -0.3 is 10.1 Å². The van der Waals surface area contributed by atoms with Crippen molar-refractivity contribution in [2.75, 3.05) is 13.2 Å². The van der Waals surface area contributed by atoms with Crippen molar-refractivity contribution in [3.05, 3.63) is 35.9 Å². The molecule has 0 amide bonds. The van der Waals surface area contributed by atoms with Crippen molar-refractivity contribution in [1.29, 1.82) is 0 Å². The first-order valence-electron chi connectivity index (χ1n) is 8.74. The van der Waals surface area contributed by atoms with E-state index in [1.54, 1.807) is 0 Å². The van der Waals surface area contributed by atoms with Gasteiger partial charge >= 0.3 is 0 Å². The molecule has 1 aromatic rings. The zero-order valence-corrected chi connectivity index (χ0v) is 13.3. The predicted octanol–water partition coefficient (Wildman–Crippen LogP) is 4.47. The third-order valence-corrected chi connectivity index (χ3v) is 5.38. The van der Waals surface area contributed by atoms with Gasteiger partial charge in [-0.2, -0.15) is 0 Å². The summed E-state index contributed by atoms with van der Waals surface area (Å²) in [6.45, 7) is 4.23. The van der Waals surface area contributed by atoms with Crippen LogP contribution in [0.5, 0.6) is 0 Å². The highest BCUT2D eigenvalue weighted by atomic mass is 16.5. The van der Waals surface area contributed by atoms with E-state index in [1.165, 1.54) is 50.5 Å². The van der Waals surface area contributed by atoms with Crippen LogP contribution in [0.1, 0.15) is 63.5 Å². The van der Waals surface area contributed by atoms with Gasteiger partial charge in [-0.25, -0.2) is 0 Å². The molecule has 2 atom stereocenters. The van der Waals surface area contributed by atoms with Crippen LogP contribution in [0.15, 0.2) is 30.3 Å². The smallest absolute Gasteiger partial charge is 0.0685 e. The van der Waals surface area contributed by atoms with Crippen LogP contribution in [-0.4, -0.2) is 18.8 Å². The lowest BCUT2D eigenvalue weighted by molar-refractivity contribution is -0.144. The third-order valence-electron chi connectivity index (χ3n) is 5.38. The van der Waals surface area contributed by atoms with Gasteiger partial charge in [-0.05, 0) is 63.0 Å². The second-order valence-corrected chi connectivity index (χ2v) is 6.84. The number of benzene rings is 1. The third kappa shape index (κ3) is 3.67. The SMILES string of the molecule is CCNC(CCC1CCOC2(CCC2)C1)c1ccccc1. The number of hydrogen-bond acceptors (Lipinski definition) is 2. The number of rotatable bonds is 6. The van der Waals surface area contributed by atoms with Gasteiger partial charge in [0, 0.05) is 12.6 Å². The number of ether oxygens (including phenoxy) is 1. The average molecular weight is 287 g/mol. The summed E-state index contributed by atoms with van der Waals surface area (Å²) in [7, 11) is 0. The van der Waals surface area contributed by atoms with Crippen LogP contribution in [-0.2, 0) is 4.74 Å². The van der Waals surface area contributed by atoms with Gasteiger partial charge in [-0.1, -0.05) is 37.3 Å². The first-order chi connectivity index (χ1) is 10.3. The standard InChI is InChI=1S/C19H29NO/c1-2-20-18(17-7-4-3-5-8-17)10-9-16-11-14-21-19(15-16)12-6-13-19/h3-5,7-8,16,18,20H,2,6,9-15H2,1H3. The molecular weight excluding hydrogens is 258 g/mol. The highest BCUT2D eigenvalue weighted by Gasteiger charge is 2.42. The van der Waals surface area contributed by atoms with E-state index >= 15 is 0 Å². The van der Waals surface area contributed by atoms with E-state index in [1.807, 2.05) is 0 Å². The van der Waals surface area contributed by atoms with Gasteiger partial charge in [0.2, 0.25) is 0 Å². The molecule has 1 saturated carbocycles. The molecule has 1 aromatic carbocycles. The summed E-state index contributed by atoms with van der Waals surface area (Å²) in [5.74, 6) is 0.865. The highest BCUT2D eigenvalue weighted by molar-refractivity contribution is 5.18. The molecule has 2 heteroatoms. The van der Waals surface area contributed by atoms with Crippen LogP contribution < -0.4 is 5.32 Å². The minimum Gasteiger partial charge on any atom is -0.375 e. The highest BCUT2D eigenvalue weighted by Crippen LogP contribution is 2.45. The molecular formula is C19H29NO. The van der Waals surface area contributed by atoms with Crippen molar-refractivity contribution < 1.29 is 4.74 Å². The normalized spacial score (nSPS) is 25.5. The van der Waals surface area contributed by atoms with E-state index in [0.717, 1.165) is 19.1 Å². The van der Waals surface area contributed by atoms with E-state index in [9.17, 15) is 0 Å². The molecule has 2 nitrogen and oxygen atoms in total. The van der Waals surface area contributed by atoms with Crippen LogP contribution in [0.2, 0.25) is 0 Å². The maximum atomic E-state index is 6.05. The van der Waals surface area contributed by atoms with Crippen molar-refractivity contribution in [1.82, 2.24) is 5.32 Å². The molecule has 116 valence electrons. The van der Waals surface area contributed by atoms with Crippen molar-refractivity contribution in [3.8, 4) is 0 Å². The largest absolute Gasteiger partial charge is 0.375 e. The van der Waals surface area contributed by atoms with Crippen molar-refractivity contribution >= 4 is 0 Å². The average Bonchev–Trinajstić information content (AvgIpc) is 2.51. The summed E-state index contributed by atoms with van der Waals surface area (Å²) in [5.41, 5.74) is 1.73. The van der Waals surface area contributed by atoms with Crippen LogP contribution in [0.25, 0.3) is 0 Å². The molecule has 2 aliphatic rings. The summed E-state index contributed by atoms with van der Waals surface area (Å²) in [6.07, 6.45) is 9.13. The Balaban J connectivity index is 1.54. The van der Waals surface area contributed by atoms with Gasteiger partial charge in [-0.15, -0.1) is 0 Å². The van der Waals surface area contributed by atoms with Gasteiger partial charge in [0.05, 0.1) is 5.60 Å². The molecule has 1 spiro atoms. The maximum Gasteiger partial charge on any atom is 0.0685 e. The predicted molar refractivity (Wildman–Crippen MR) is 87.4 cm³/mol. The van der Waals surface area contributed by atoms with Gasteiger partial charge in [-0.3, -0.25) is 0 Å². The molecule has 1 aliphatic carbocycles. The Bertz CT molecular complexity index is 426. The molecule has 1 aliphatic heterocycles. The van der Waals surface area contributed by atoms with E-state index in [4.69, 9.17) is 4.74 Å². The van der Waals surface area contributed by atoms with Gasteiger partial charge in [0.15, 0.2) is 0 Å². The molecule has 1 heterocycles. The molecule has 1 N–H and O–H groups in total. The molecule has 0 aromatic heterocycles. The van der Waals surface area contributed by atoms with Crippen molar-refractivity contribution in [3.63, 3.8) is 0 Å². The Hall–Kier alpha value is -0.860. The lowest BCUT2D eigenvalue weighted by Gasteiger charge is -2.47. The molecule has 3 rings (SSSR count). The van der Waals surface area contributed by atoms with Crippen LogP contribution in [0.4, 0.5) is 0 Å². The van der Waals surface area contributed by atoms with E-state index in [-0.39, 0.29) is 0 Å². The fourth-order valence-electron chi connectivity index (χ4n) is 4.02. The Kier molecular flexibility index (Phi) is 4.97. The molecule has 2 unspecified atom stereocenters. The lowest BCUT2D eigenvalue weighted by Crippen LogP contribution is -2.45. The first kappa shape index (κ1) is 15.1. The van der Waals surface area contributed by atoms with E-state index in [2.05, 4.69) is 42.6 Å². The fourth-order valence-corrected chi connectivity index (χ4v) is 4.02. The summed E-state index contributed by atoms with van der Waals surface area (Å²) in [6, 6.07) is 11.4. The maximum absolute atomic E-state index is 6.05. The quantitative estimate of drug-likeness (QED) is 0.833. The summed E-state index contributed by atoms with van der Waals surface area (Å²) < 4.78 is 6.05. The molecule has 0 radical (unpaired) electrons. The lowest BCUT2D eigenvalue weighted by atomic mass is 9.71. The van der Waals surface area contributed by atoms with Gasteiger partial charge in [0.25, 0.3) is 0 Å². The minimum atomic E-state index is 0.295. The van der Waals surface area contributed by atoms with Crippen molar-refractivity contribution in [2.45, 2.75) is 63.5 Å². The Morgan fingerprint density at radius 1 is 1.29 bits per heavy atom. The minimum absolute atomic E-state index is 0.295. The monoisotopic (exact) mass is 287 g/mol. The fraction of sp³-hybridized carbons (Fsp3) is 0.684. The second kappa shape index (κ2) is 6.93. The van der Waals surface area contributed by atoms with Crippen LogP contribution in [0.3, 0.4) is 0 Å². The molecule has 2 fully saturated rings. The molecule has 21 heavy (non-hydrogen) atoms. The van der Waals surface area contributed by atoms with Gasteiger partial charge in [0.1, 0.15) is 0 Å². The molecule has 1 saturated heterocycles. The topological polar surface area (TPSA) is 21.3 Å². The first-order valence-corrected chi connectivity index (χ1v) is 8.74. The van der Waals surface area contributed by atoms with Crippen molar-refractivity contribution in [2.24, 2.45) is 5.92 Å². The van der Waals surface area contributed by atoms with E-state index in [0.29, 0.717) is 11.6 Å². The van der Waals surface area contributed by atoms with E-state index < -0.39 is 0 Å². The Morgan fingerprint density at radius 3 is 2.76 bits per heavy atom. The second-order valence-electron chi connectivity index (χ2n) is 6.84. The summed E-state index contributed by atoms with van der Waals surface area (Å²) >= 11 is 0. The zero-order chi connectivity index (χ0) is 14.5. The number of hydrogen-bond donors (Lipinski definition) is 1. The Morgan fingerprint density at radius 2 is 2.10 bits per heavy atom. The van der Waals surface area contributed by atoms with Crippen LogP contribution in [0, 0.1) is 5.92 Å². The van der Waals surface area contributed by atoms with Crippen LogP contribution >= 0.6 is 0 Å². The molecule has 0 bridgehead atoms. The summed E-state index contributed by atoms with van der Waals surface area (Å²) in [4.78, 5) is 0. The summed E-state index contributed by atoms with van der Waals surface area (Å²) in [5, 5.41) is 3.66. The zero-order valence-electron chi connectivity index (χ0n) is 13.3.